The SMILES string of the molecule is C=CC(=O)C1CCC(CCC2C(=O)C=Cc3ccc(Cc4ccc(C5CCC(C(=O)CC(C)C)CC5)cc4)cc32)CC1. The molecule has 0 spiro atoms. The number of carbonyl (C=O) groups is 3. The lowest BCUT2D eigenvalue weighted by Crippen LogP contribution is -2.22. The predicted octanol–water partition coefficient (Wildman–Crippen LogP) is 9.19. The largest absolute Gasteiger partial charge is 0.299 e. The smallest absolute Gasteiger partial charge is 0.163 e. The van der Waals surface area contributed by atoms with E-state index in [0.29, 0.717) is 23.5 Å². The number of allylic oxidation sites excluding steroid dienone is 2. The Kier molecular flexibility index (Phi) is 10.1. The second-order valence-corrected chi connectivity index (χ2v) is 13.7. The lowest BCUT2D eigenvalue weighted by molar-refractivity contribution is -0.124. The molecular formula is C39H48O3. The fourth-order valence-electron chi connectivity index (χ4n) is 7.69. The Hall–Kier alpha value is -3.07. The van der Waals surface area contributed by atoms with Crippen molar-refractivity contribution in [2.75, 3.05) is 0 Å². The van der Waals surface area contributed by atoms with Crippen LogP contribution in [-0.4, -0.2) is 17.3 Å². The number of Topliss-reactive ketones (excluding diaryl/α,β-unsaturated/α-hetero) is 1. The third-order valence-electron chi connectivity index (χ3n) is 10.3. The second kappa shape index (κ2) is 13.9. The van der Waals surface area contributed by atoms with Crippen LogP contribution in [0.15, 0.2) is 61.2 Å². The summed E-state index contributed by atoms with van der Waals surface area (Å²) in [7, 11) is 0. The minimum atomic E-state index is -0.0672. The summed E-state index contributed by atoms with van der Waals surface area (Å²) in [5.41, 5.74) is 6.29. The van der Waals surface area contributed by atoms with E-state index in [1.807, 2.05) is 6.08 Å². The van der Waals surface area contributed by atoms with Crippen LogP contribution in [0, 0.1) is 23.7 Å². The van der Waals surface area contributed by atoms with Gasteiger partial charge in [0.05, 0.1) is 0 Å². The summed E-state index contributed by atoms with van der Waals surface area (Å²) in [5.74, 6) is 2.83. The molecule has 2 aromatic rings. The average Bonchev–Trinajstić information content (AvgIpc) is 3.00. The van der Waals surface area contributed by atoms with E-state index >= 15 is 0 Å². The van der Waals surface area contributed by atoms with Crippen LogP contribution in [0.25, 0.3) is 6.08 Å². The Bertz CT molecular complexity index is 1300. The maximum Gasteiger partial charge on any atom is 0.163 e. The first kappa shape index (κ1) is 30.4. The number of fused-ring (bicyclic) bond motifs is 1. The Labute approximate surface area is 252 Å². The molecule has 5 rings (SSSR count). The number of hydrogen-bond acceptors (Lipinski definition) is 3. The zero-order chi connectivity index (χ0) is 29.6. The molecule has 0 saturated heterocycles. The summed E-state index contributed by atoms with van der Waals surface area (Å²) in [6.45, 7) is 7.91. The molecule has 3 nitrogen and oxygen atoms in total. The summed E-state index contributed by atoms with van der Waals surface area (Å²) in [5, 5.41) is 0. The summed E-state index contributed by atoms with van der Waals surface area (Å²) < 4.78 is 0. The molecule has 2 fully saturated rings. The zero-order valence-corrected chi connectivity index (χ0v) is 25.7. The van der Waals surface area contributed by atoms with Crippen molar-refractivity contribution in [1.82, 2.24) is 0 Å². The Morgan fingerprint density at radius 1 is 0.833 bits per heavy atom. The quantitative estimate of drug-likeness (QED) is 0.256. The highest BCUT2D eigenvalue weighted by Gasteiger charge is 2.29. The first-order valence-electron chi connectivity index (χ1n) is 16.4. The summed E-state index contributed by atoms with van der Waals surface area (Å²) >= 11 is 0. The first-order valence-corrected chi connectivity index (χ1v) is 16.4. The molecule has 0 radical (unpaired) electrons. The third kappa shape index (κ3) is 7.46. The molecule has 0 aliphatic heterocycles. The Balaban J connectivity index is 1.17. The molecule has 0 heterocycles. The molecule has 0 N–H and O–H groups in total. The van der Waals surface area contributed by atoms with Crippen LogP contribution in [0.2, 0.25) is 0 Å². The molecule has 0 amide bonds. The van der Waals surface area contributed by atoms with E-state index in [-0.39, 0.29) is 29.3 Å². The average molecular weight is 565 g/mol. The number of carbonyl (C=O) groups excluding carboxylic acids is 3. The molecule has 0 bridgehead atoms. The predicted molar refractivity (Wildman–Crippen MR) is 172 cm³/mol. The summed E-state index contributed by atoms with van der Waals surface area (Å²) in [6, 6.07) is 15.8. The van der Waals surface area contributed by atoms with Gasteiger partial charge in [-0.25, -0.2) is 0 Å². The van der Waals surface area contributed by atoms with Gasteiger partial charge in [-0.15, -0.1) is 0 Å². The molecule has 3 aliphatic carbocycles. The van der Waals surface area contributed by atoms with Crippen LogP contribution in [0.3, 0.4) is 0 Å². The number of rotatable bonds is 11. The monoisotopic (exact) mass is 564 g/mol. The minimum absolute atomic E-state index is 0.0672. The van der Waals surface area contributed by atoms with E-state index in [1.54, 1.807) is 6.08 Å². The number of benzene rings is 2. The maximum atomic E-state index is 13.0. The van der Waals surface area contributed by atoms with Crippen molar-refractivity contribution in [3.63, 3.8) is 0 Å². The maximum absolute atomic E-state index is 13.0. The molecule has 2 aromatic carbocycles. The van der Waals surface area contributed by atoms with Crippen molar-refractivity contribution in [3.8, 4) is 0 Å². The van der Waals surface area contributed by atoms with Gasteiger partial charge in [0.2, 0.25) is 0 Å². The van der Waals surface area contributed by atoms with E-state index in [1.165, 1.54) is 33.9 Å². The molecule has 1 atom stereocenters. The summed E-state index contributed by atoms with van der Waals surface area (Å²) in [6.07, 6.45) is 17.0. The third-order valence-corrected chi connectivity index (χ3v) is 10.3. The van der Waals surface area contributed by atoms with Crippen LogP contribution in [0.5, 0.6) is 0 Å². The van der Waals surface area contributed by atoms with Gasteiger partial charge < -0.3 is 0 Å². The van der Waals surface area contributed by atoms with Gasteiger partial charge in [-0.05, 0) is 128 Å². The first-order chi connectivity index (χ1) is 20.3. The fraction of sp³-hybridized carbons (Fsp3) is 0.513. The highest BCUT2D eigenvalue weighted by molar-refractivity contribution is 6.02. The van der Waals surface area contributed by atoms with Crippen molar-refractivity contribution in [3.05, 3.63) is 89.0 Å². The van der Waals surface area contributed by atoms with Crippen molar-refractivity contribution in [1.29, 1.82) is 0 Å². The molecule has 3 aliphatic rings. The van der Waals surface area contributed by atoms with Gasteiger partial charge in [-0.1, -0.05) is 69.0 Å². The normalized spacial score (nSPS) is 25.7. The van der Waals surface area contributed by atoms with Crippen LogP contribution in [0.1, 0.15) is 124 Å². The van der Waals surface area contributed by atoms with E-state index < -0.39 is 0 Å². The van der Waals surface area contributed by atoms with Gasteiger partial charge in [0.1, 0.15) is 5.78 Å². The molecule has 2 saturated carbocycles. The van der Waals surface area contributed by atoms with E-state index in [9.17, 15) is 14.4 Å². The molecule has 42 heavy (non-hydrogen) atoms. The van der Waals surface area contributed by atoms with Gasteiger partial charge in [-0.2, -0.15) is 0 Å². The van der Waals surface area contributed by atoms with Crippen molar-refractivity contribution in [2.24, 2.45) is 23.7 Å². The van der Waals surface area contributed by atoms with Crippen LogP contribution >= 0.6 is 0 Å². The molecule has 222 valence electrons. The molecule has 1 unspecified atom stereocenters. The number of hydrogen-bond donors (Lipinski definition) is 0. The topological polar surface area (TPSA) is 51.2 Å². The Morgan fingerprint density at radius 3 is 2.17 bits per heavy atom. The van der Waals surface area contributed by atoms with Crippen LogP contribution in [-0.2, 0) is 20.8 Å². The van der Waals surface area contributed by atoms with Gasteiger partial charge in [0.15, 0.2) is 11.6 Å². The Morgan fingerprint density at radius 2 is 1.50 bits per heavy atom. The van der Waals surface area contributed by atoms with E-state index in [2.05, 4.69) is 62.9 Å². The highest BCUT2D eigenvalue weighted by atomic mass is 16.1. The van der Waals surface area contributed by atoms with Gasteiger partial charge in [0, 0.05) is 24.2 Å². The zero-order valence-electron chi connectivity index (χ0n) is 25.7. The molecule has 0 aromatic heterocycles. The minimum Gasteiger partial charge on any atom is -0.299 e. The second-order valence-electron chi connectivity index (χ2n) is 13.7. The molecule has 3 heteroatoms. The van der Waals surface area contributed by atoms with Crippen LogP contribution < -0.4 is 0 Å². The van der Waals surface area contributed by atoms with E-state index in [4.69, 9.17) is 0 Å². The van der Waals surface area contributed by atoms with Crippen LogP contribution in [0.4, 0.5) is 0 Å². The standard InChI is InChI=1S/C39H48O3/c1-4-37(40)33-14-5-27(6-15-33)10-21-35-36-25-29(9-13-32(36)20-22-38(35)41)24-28-7-11-30(12-8-28)31-16-18-34(19-17-31)39(42)23-26(2)3/h4,7-9,11-13,20,22,25-27,31,33-35H,1,5-6,10,14-19,21,23-24H2,2-3H3. The van der Waals surface area contributed by atoms with Crippen molar-refractivity contribution in [2.45, 2.75) is 103 Å². The lowest BCUT2D eigenvalue weighted by atomic mass is 9.75. The fourth-order valence-corrected chi connectivity index (χ4v) is 7.69. The van der Waals surface area contributed by atoms with Gasteiger partial charge in [0.25, 0.3) is 0 Å². The van der Waals surface area contributed by atoms with E-state index in [0.717, 1.165) is 77.0 Å². The number of ketones is 3. The van der Waals surface area contributed by atoms with Crippen molar-refractivity contribution < 1.29 is 14.4 Å². The van der Waals surface area contributed by atoms with Crippen molar-refractivity contribution >= 4 is 23.4 Å². The van der Waals surface area contributed by atoms with Gasteiger partial charge >= 0.3 is 0 Å². The highest BCUT2D eigenvalue weighted by Crippen LogP contribution is 2.39. The summed E-state index contributed by atoms with van der Waals surface area (Å²) in [4.78, 5) is 37.5. The van der Waals surface area contributed by atoms with Gasteiger partial charge in [-0.3, -0.25) is 14.4 Å². The lowest BCUT2D eigenvalue weighted by Gasteiger charge is -2.29. The molecular weight excluding hydrogens is 516 g/mol.